The highest BCUT2D eigenvalue weighted by Crippen LogP contribution is 2.45. The smallest absolute Gasteiger partial charge is 0.165 e. The molecule has 0 unspecified atom stereocenters. The van der Waals surface area contributed by atoms with E-state index in [1.165, 1.54) is 45.2 Å². The second-order valence-corrected chi connectivity index (χ2v) is 16.1. The second-order valence-electron chi connectivity index (χ2n) is 13.0. The Morgan fingerprint density at radius 3 is 1.72 bits per heavy atom. The molecule has 4 heterocycles. The van der Waals surface area contributed by atoms with Crippen LogP contribution in [-0.4, -0.2) is 19.9 Å². The fourth-order valence-electron chi connectivity index (χ4n) is 7.34. The maximum absolute atomic E-state index is 5.31. The number of benzene rings is 7. The summed E-state index contributed by atoms with van der Waals surface area (Å²) in [4.78, 5) is 20.6. The molecule has 0 aliphatic rings. The summed E-state index contributed by atoms with van der Waals surface area (Å²) in [5, 5.41) is 5.88. The van der Waals surface area contributed by atoms with Crippen molar-refractivity contribution in [1.29, 1.82) is 0 Å². The normalized spacial score (nSPS) is 11.8. The van der Waals surface area contributed by atoms with E-state index < -0.39 is 0 Å². The highest BCUT2D eigenvalue weighted by Gasteiger charge is 2.20. The Morgan fingerprint density at radius 2 is 0.906 bits per heavy atom. The molecule has 0 amide bonds. The van der Waals surface area contributed by atoms with Crippen molar-refractivity contribution in [2.45, 2.75) is 0 Å². The quantitative estimate of drug-likeness (QED) is 0.177. The van der Waals surface area contributed by atoms with E-state index in [1.807, 2.05) is 35.6 Å². The van der Waals surface area contributed by atoms with E-state index in [4.69, 9.17) is 19.9 Å². The maximum Gasteiger partial charge on any atom is 0.165 e. The first kappa shape index (κ1) is 30.5. The van der Waals surface area contributed by atoms with Crippen LogP contribution in [0.4, 0.5) is 0 Å². The highest BCUT2D eigenvalue weighted by molar-refractivity contribution is 7.26. The van der Waals surface area contributed by atoms with Crippen LogP contribution in [0.1, 0.15) is 0 Å². The van der Waals surface area contributed by atoms with Gasteiger partial charge in [0, 0.05) is 62.6 Å². The van der Waals surface area contributed by atoms with Crippen LogP contribution in [0.15, 0.2) is 158 Å². The number of thiophene rings is 2. The van der Waals surface area contributed by atoms with Crippen LogP contribution >= 0.6 is 34.0 Å². The topological polar surface area (TPSA) is 51.6 Å². The number of para-hydroxylation sites is 1. The van der Waals surface area contributed by atoms with E-state index in [-0.39, 0.29) is 0 Å². The van der Waals surface area contributed by atoms with Gasteiger partial charge in [-0.3, -0.25) is 0 Å². The van der Waals surface area contributed by atoms with Gasteiger partial charge in [0.05, 0.1) is 10.2 Å². The van der Waals surface area contributed by atoms with Crippen molar-refractivity contribution in [2.24, 2.45) is 0 Å². The number of hydrogen-bond donors (Lipinski definition) is 0. The van der Waals surface area contributed by atoms with Crippen LogP contribution in [-0.2, 0) is 0 Å². The van der Waals surface area contributed by atoms with Crippen molar-refractivity contribution in [3.8, 4) is 55.9 Å². The Bertz CT molecular complexity index is 3140. The fraction of sp³-hybridized carbons (Fsp3) is 0. The molecule has 7 aromatic carbocycles. The summed E-state index contributed by atoms with van der Waals surface area (Å²) in [6.07, 6.45) is 0. The van der Waals surface area contributed by atoms with Gasteiger partial charge < -0.3 is 0 Å². The third kappa shape index (κ3) is 5.08. The Kier molecular flexibility index (Phi) is 7.05. The fourth-order valence-corrected chi connectivity index (χ4v) is 10.7. The molecule has 0 saturated carbocycles. The van der Waals surface area contributed by atoms with Crippen LogP contribution < -0.4 is 0 Å². The SMILES string of the molecule is c1ccc(-c2nc(-c3cccc4c3sc3ccccc34)nc(-c3cccc4sc5cccc(-c6ccc(-c7nc8ccccc8s7)cc6)c5c34)n2)cc1. The molecule has 0 fully saturated rings. The van der Waals surface area contributed by atoms with Crippen molar-refractivity contribution in [3.63, 3.8) is 0 Å². The molecule has 53 heavy (non-hydrogen) atoms. The van der Waals surface area contributed by atoms with Gasteiger partial charge in [-0.25, -0.2) is 19.9 Å². The van der Waals surface area contributed by atoms with Crippen LogP contribution in [0, 0.1) is 0 Å². The number of nitrogens with zero attached hydrogens (tertiary/aromatic N) is 4. The molecule has 0 N–H and O–H groups in total. The van der Waals surface area contributed by atoms with Gasteiger partial charge in [-0.1, -0.05) is 121 Å². The number of fused-ring (bicyclic) bond motifs is 7. The molecule has 0 aliphatic carbocycles. The van der Waals surface area contributed by atoms with Gasteiger partial charge in [0.25, 0.3) is 0 Å². The van der Waals surface area contributed by atoms with Crippen LogP contribution in [0.5, 0.6) is 0 Å². The molecule has 11 aromatic rings. The Morgan fingerprint density at radius 1 is 0.321 bits per heavy atom. The van der Waals surface area contributed by atoms with Gasteiger partial charge in [-0.05, 0) is 47.5 Å². The molecule has 0 saturated heterocycles. The molecule has 4 aromatic heterocycles. The second kappa shape index (κ2) is 12.2. The maximum atomic E-state index is 5.31. The lowest BCUT2D eigenvalue weighted by Crippen LogP contribution is -2.00. The number of hydrogen-bond acceptors (Lipinski definition) is 7. The lowest BCUT2D eigenvalue weighted by molar-refractivity contribution is 1.08. The summed E-state index contributed by atoms with van der Waals surface area (Å²) in [5.41, 5.74) is 7.47. The van der Waals surface area contributed by atoms with E-state index >= 15 is 0 Å². The van der Waals surface area contributed by atoms with E-state index in [1.54, 1.807) is 22.7 Å². The molecular weight excluding hydrogens is 705 g/mol. The van der Waals surface area contributed by atoms with Crippen molar-refractivity contribution in [3.05, 3.63) is 158 Å². The summed E-state index contributed by atoms with van der Waals surface area (Å²) in [6.45, 7) is 0. The third-order valence-corrected chi connectivity index (χ3v) is 13.2. The number of aromatic nitrogens is 4. The lowest BCUT2D eigenvalue weighted by atomic mass is 9.96. The van der Waals surface area contributed by atoms with Crippen molar-refractivity contribution in [1.82, 2.24) is 19.9 Å². The summed E-state index contributed by atoms with van der Waals surface area (Å²) in [6, 6.07) is 55.5. The minimum absolute atomic E-state index is 0.658. The highest BCUT2D eigenvalue weighted by atomic mass is 32.1. The van der Waals surface area contributed by atoms with Crippen LogP contribution in [0.3, 0.4) is 0 Å². The van der Waals surface area contributed by atoms with Gasteiger partial charge in [0.15, 0.2) is 17.5 Å². The van der Waals surface area contributed by atoms with Crippen LogP contribution in [0.25, 0.3) is 106 Å². The standard InChI is InChI=1S/C46H26N4S3/c1-2-11-28(12-3-1)43-48-44(50-45(49-43)34-17-8-15-32-31-13-4-6-19-36(31)52-42(32)34)33-16-10-22-39-41(33)40-30(14-9-21-38(40)51-39)27-23-25-29(26-24-27)46-47-35-18-5-7-20-37(35)53-46/h1-26H. The first-order valence-corrected chi connectivity index (χ1v) is 19.8. The van der Waals surface area contributed by atoms with Gasteiger partial charge >= 0.3 is 0 Å². The monoisotopic (exact) mass is 730 g/mol. The predicted molar refractivity (Wildman–Crippen MR) is 226 cm³/mol. The Balaban J connectivity index is 1.11. The molecular formula is C46H26N4S3. The third-order valence-electron chi connectivity index (χ3n) is 9.81. The van der Waals surface area contributed by atoms with Crippen LogP contribution in [0.2, 0.25) is 0 Å². The molecule has 7 heteroatoms. The average Bonchev–Trinajstić information content (AvgIpc) is 3.94. The Hall–Kier alpha value is -6.12. The summed E-state index contributed by atoms with van der Waals surface area (Å²) < 4.78 is 6.06. The first-order valence-electron chi connectivity index (χ1n) is 17.4. The molecule has 0 spiro atoms. The molecule has 0 atom stereocenters. The first-order chi connectivity index (χ1) is 26.2. The molecule has 248 valence electrons. The molecule has 4 nitrogen and oxygen atoms in total. The summed E-state index contributed by atoms with van der Waals surface area (Å²) in [7, 11) is 0. The van der Waals surface area contributed by atoms with E-state index in [9.17, 15) is 0 Å². The zero-order chi connectivity index (χ0) is 34.9. The van der Waals surface area contributed by atoms with Gasteiger partial charge in [-0.15, -0.1) is 34.0 Å². The van der Waals surface area contributed by atoms with E-state index in [2.05, 4.69) is 133 Å². The van der Waals surface area contributed by atoms with Gasteiger partial charge in [-0.2, -0.15) is 0 Å². The van der Waals surface area contributed by atoms with E-state index in [0.717, 1.165) is 43.7 Å². The Labute approximate surface area is 316 Å². The molecule has 0 bridgehead atoms. The lowest BCUT2D eigenvalue weighted by Gasteiger charge is -2.11. The molecule has 0 radical (unpaired) electrons. The average molecular weight is 731 g/mol. The summed E-state index contributed by atoms with van der Waals surface area (Å²) >= 11 is 5.33. The zero-order valence-electron chi connectivity index (χ0n) is 28.0. The number of rotatable bonds is 5. The zero-order valence-corrected chi connectivity index (χ0v) is 30.5. The van der Waals surface area contributed by atoms with E-state index in [0.29, 0.717) is 17.5 Å². The largest absolute Gasteiger partial charge is 0.236 e. The van der Waals surface area contributed by atoms with Crippen molar-refractivity contribution >= 4 is 84.6 Å². The minimum Gasteiger partial charge on any atom is -0.236 e. The molecule has 11 rings (SSSR count). The minimum atomic E-state index is 0.658. The van der Waals surface area contributed by atoms with Gasteiger partial charge in [0.1, 0.15) is 5.01 Å². The molecule has 0 aliphatic heterocycles. The predicted octanol–water partition coefficient (Wildman–Crippen LogP) is 13.6. The van der Waals surface area contributed by atoms with Crippen molar-refractivity contribution in [2.75, 3.05) is 0 Å². The number of thiazole rings is 1. The van der Waals surface area contributed by atoms with Crippen molar-refractivity contribution < 1.29 is 0 Å². The summed E-state index contributed by atoms with van der Waals surface area (Å²) in [5.74, 6) is 2.00. The van der Waals surface area contributed by atoms with Gasteiger partial charge in [0.2, 0.25) is 0 Å².